The van der Waals surface area contributed by atoms with Gasteiger partial charge < -0.3 is 5.32 Å². The third-order valence-corrected chi connectivity index (χ3v) is 3.87. The van der Waals surface area contributed by atoms with Gasteiger partial charge in [-0.05, 0) is 30.5 Å². The second-order valence-electron chi connectivity index (χ2n) is 5.71. The van der Waals surface area contributed by atoms with Gasteiger partial charge in [-0.3, -0.25) is 4.79 Å². The van der Waals surface area contributed by atoms with E-state index in [0.717, 1.165) is 11.1 Å². The Bertz CT molecular complexity index is 713. The number of hydrogen-bond donors (Lipinski definition) is 1. The van der Waals surface area contributed by atoms with Crippen LogP contribution in [-0.4, -0.2) is 11.9 Å². The summed E-state index contributed by atoms with van der Waals surface area (Å²) in [6, 6.07) is 17.0. The van der Waals surface area contributed by atoms with E-state index in [2.05, 4.69) is 25.2 Å². The molecule has 1 unspecified atom stereocenters. The molecule has 3 heteroatoms. The van der Waals surface area contributed by atoms with Crippen LogP contribution in [0.4, 0.5) is 0 Å². The fourth-order valence-electron chi connectivity index (χ4n) is 2.18. The van der Waals surface area contributed by atoms with Crippen LogP contribution >= 0.6 is 0 Å². The molecule has 0 aliphatic rings. The Balaban J connectivity index is 2.44. The summed E-state index contributed by atoms with van der Waals surface area (Å²) in [7, 11) is 0. The maximum Gasteiger partial charge on any atom is 0.252 e. The fourth-order valence-corrected chi connectivity index (χ4v) is 2.18. The lowest BCUT2D eigenvalue weighted by atomic mass is 9.95. The molecule has 0 spiro atoms. The lowest BCUT2D eigenvalue weighted by Crippen LogP contribution is -2.36. The van der Waals surface area contributed by atoms with Crippen LogP contribution in [0.15, 0.2) is 48.5 Å². The van der Waals surface area contributed by atoms with Crippen molar-refractivity contribution in [3.63, 3.8) is 0 Å². The van der Waals surface area contributed by atoms with Gasteiger partial charge in [0.1, 0.15) is 0 Å². The van der Waals surface area contributed by atoms with Crippen molar-refractivity contribution in [2.75, 3.05) is 0 Å². The molecule has 0 heterocycles. The number of nitriles is 1. The summed E-state index contributed by atoms with van der Waals surface area (Å²) in [5.74, 6) is 0.257. The second kappa shape index (κ2) is 6.91. The van der Waals surface area contributed by atoms with Crippen LogP contribution in [0.2, 0.25) is 0 Å². The SMILES string of the molecule is CC(C)C(C)NC(=O)c1ccccc1-c1ccccc1C#N. The van der Waals surface area contributed by atoms with Crippen molar-refractivity contribution >= 4 is 5.91 Å². The zero-order valence-corrected chi connectivity index (χ0v) is 13.1. The monoisotopic (exact) mass is 292 g/mol. The van der Waals surface area contributed by atoms with Crippen molar-refractivity contribution in [2.24, 2.45) is 5.92 Å². The highest BCUT2D eigenvalue weighted by Gasteiger charge is 2.17. The minimum absolute atomic E-state index is 0.0896. The largest absolute Gasteiger partial charge is 0.349 e. The summed E-state index contributed by atoms with van der Waals surface area (Å²) in [6.45, 7) is 6.14. The van der Waals surface area contributed by atoms with Crippen LogP contribution < -0.4 is 5.32 Å². The molecule has 0 saturated heterocycles. The van der Waals surface area contributed by atoms with Crippen LogP contribution in [0.5, 0.6) is 0 Å². The van der Waals surface area contributed by atoms with Gasteiger partial charge in [-0.1, -0.05) is 50.2 Å². The lowest BCUT2D eigenvalue weighted by molar-refractivity contribution is 0.0931. The molecule has 0 radical (unpaired) electrons. The highest BCUT2D eigenvalue weighted by atomic mass is 16.1. The minimum atomic E-state index is -0.107. The fraction of sp³-hybridized carbons (Fsp3) is 0.263. The minimum Gasteiger partial charge on any atom is -0.349 e. The topological polar surface area (TPSA) is 52.9 Å². The van der Waals surface area contributed by atoms with Crippen LogP contribution in [0, 0.1) is 17.2 Å². The molecule has 0 aliphatic carbocycles. The zero-order valence-electron chi connectivity index (χ0n) is 13.1. The summed E-state index contributed by atoms with van der Waals surface area (Å²) < 4.78 is 0. The molecular formula is C19H20N2O. The van der Waals surface area contributed by atoms with Crippen LogP contribution in [-0.2, 0) is 0 Å². The predicted molar refractivity (Wildman–Crippen MR) is 88.4 cm³/mol. The number of carbonyl (C=O) groups excluding carboxylic acids is 1. The maximum absolute atomic E-state index is 12.6. The maximum atomic E-state index is 12.6. The summed E-state index contributed by atoms with van der Waals surface area (Å²) in [6.07, 6.45) is 0. The summed E-state index contributed by atoms with van der Waals surface area (Å²) in [5.41, 5.74) is 2.73. The predicted octanol–water partition coefficient (Wildman–Crippen LogP) is 4.00. The Hall–Kier alpha value is -2.60. The van der Waals surface area contributed by atoms with E-state index in [0.29, 0.717) is 17.0 Å². The van der Waals surface area contributed by atoms with Crippen molar-refractivity contribution in [3.05, 3.63) is 59.7 Å². The molecule has 112 valence electrons. The molecule has 22 heavy (non-hydrogen) atoms. The van der Waals surface area contributed by atoms with E-state index in [4.69, 9.17) is 0 Å². The normalized spacial score (nSPS) is 11.8. The third-order valence-electron chi connectivity index (χ3n) is 3.87. The number of amides is 1. The van der Waals surface area contributed by atoms with Crippen LogP contribution in [0.1, 0.15) is 36.7 Å². The smallest absolute Gasteiger partial charge is 0.252 e. The molecule has 1 N–H and O–H groups in total. The summed E-state index contributed by atoms with van der Waals surface area (Å²) >= 11 is 0. The van der Waals surface area contributed by atoms with Gasteiger partial charge in [0, 0.05) is 17.2 Å². The highest BCUT2D eigenvalue weighted by molar-refractivity contribution is 6.01. The molecule has 2 aromatic rings. The van der Waals surface area contributed by atoms with Gasteiger partial charge in [0.15, 0.2) is 0 Å². The van der Waals surface area contributed by atoms with E-state index in [1.807, 2.05) is 43.3 Å². The Labute approximate surface area is 131 Å². The van der Waals surface area contributed by atoms with Crippen molar-refractivity contribution in [1.29, 1.82) is 5.26 Å². The van der Waals surface area contributed by atoms with Gasteiger partial charge in [0.05, 0.1) is 11.6 Å². The molecule has 0 saturated carbocycles. The Morgan fingerprint density at radius 1 is 1.00 bits per heavy atom. The van der Waals surface area contributed by atoms with Crippen molar-refractivity contribution in [1.82, 2.24) is 5.32 Å². The van der Waals surface area contributed by atoms with Gasteiger partial charge in [-0.25, -0.2) is 0 Å². The first-order valence-corrected chi connectivity index (χ1v) is 7.44. The van der Waals surface area contributed by atoms with E-state index in [-0.39, 0.29) is 11.9 Å². The molecule has 0 bridgehead atoms. The lowest BCUT2D eigenvalue weighted by Gasteiger charge is -2.19. The van der Waals surface area contributed by atoms with Crippen LogP contribution in [0.25, 0.3) is 11.1 Å². The molecule has 1 atom stereocenters. The number of rotatable bonds is 4. The second-order valence-corrected chi connectivity index (χ2v) is 5.71. The first-order chi connectivity index (χ1) is 10.5. The molecule has 0 aromatic heterocycles. The van der Waals surface area contributed by atoms with Crippen molar-refractivity contribution in [2.45, 2.75) is 26.8 Å². The first-order valence-electron chi connectivity index (χ1n) is 7.44. The van der Waals surface area contributed by atoms with E-state index >= 15 is 0 Å². The van der Waals surface area contributed by atoms with E-state index < -0.39 is 0 Å². The van der Waals surface area contributed by atoms with E-state index in [1.54, 1.807) is 12.1 Å². The Morgan fingerprint density at radius 3 is 2.23 bits per heavy atom. The number of hydrogen-bond acceptors (Lipinski definition) is 2. The number of nitrogens with one attached hydrogen (secondary N) is 1. The number of carbonyl (C=O) groups is 1. The third kappa shape index (κ3) is 3.35. The molecular weight excluding hydrogens is 272 g/mol. The van der Waals surface area contributed by atoms with Crippen molar-refractivity contribution in [3.8, 4) is 17.2 Å². The Morgan fingerprint density at radius 2 is 1.59 bits per heavy atom. The average Bonchev–Trinajstić information content (AvgIpc) is 2.54. The van der Waals surface area contributed by atoms with E-state index in [9.17, 15) is 10.1 Å². The van der Waals surface area contributed by atoms with Gasteiger partial charge in [-0.15, -0.1) is 0 Å². The molecule has 3 nitrogen and oxygen atoms in total. The van der Waals surface area contributed by atoms with Crippen molar-refractivity contribution < 1.29 is 4.79 Å². The van der Waals surface area contributed by atoms with Gasteiger partial charge in [-0.2, -0.15) is 5.26 Å². The van der Waals surface area contributed by atoms with Gasteiger partial charge in [0.2, 0.25) is 0 Å². The Kier molecular flexibility index (Phi) is 4.95. The molecule has 2 rings (SSSR count). The van der Waals surface area contributed by atoms with Crippen LogP contribution in [0.3, 0.4) is 0 Å². The van der Waals surface area contributed by atoms with Gasteiger partial charge >= 0.3 is 0 Å². The molecule has 0 fully saturated rings. The highest BCUT2D eigenvalue weighted by Crippen LogP contribution is 2.27. The standard InChI is InChI=1S/C19H20N2O/c1-13(2)14(3)21-19(22)18-11-7-6-10-17(18)16-9-5-4-8-15(16)12-20/h4-11,13-14H,1-3H3,(H,21,22). The summed E-state index contributed by atoms with van der Waals surface area (Å²) in [4.78, 5) is 12.6. The first kappa shape index (κ1) is 15.8. The zero-order chi connectivity index (χ0) is 16.1. The molecule has 0 aliphatic heterocycles. The van der Waals surface area contributed by atoms with Gasteiger partial charge in [0.25, 0.3) is 5.91 Å². The summed E-state index contributed by atoms with van der Waals surface area (Å²) in [5, 5.41) is 12.3. The number of nitrogens with zero attached hydrogens (tertiary/aromatic N) is 1. The quantitative estimate of drug-likeness (QED) is 0.926. The molecule has 2 aromatic carbocycles. The number of benzene rings is 2. The molecule has 1 amide bonds. The average molecular weight is 292 g/mol. The van der Waals surface area contributed by atoms with E-state index in [1.165, 1.54) is 0 Å².